The molecule has 88 valence electrons. The number of esters is 1. The van der Waals surface area contributed by atoms with Crippen LogP contribution in [0.25, 0.3) is 0 Å². The van der Waals surface area contributed by atoms with E-state index < -0.39 is 29.6 Å². The second-order valence-electron chi connectivity index (χ2n) is 2.79. The summed E-state index contributed by atoms with van der Waals surface area (Å²) in [5.74, 6) is -2.35. The average molecular weight is 254 g/mol. The molecule has 1 heterocycles. The average Bonchev–Trinajstić information content (AvgIpc) is 2.27. The van der Waals surface area contributed by atoms with Crippen LogP contribution in [0.5, 0.6) is 0 Å². The highest BCUT2D eigenvalue weighted by Gasteiger charge is 2.22. The maximum Gasteiger partial charge on any atom is 0.356 e. The molecule has 0 radical (unpaired) electrons. The van der Waals surface area contributed by atoms with Gasteiger partial charge in [-0.1, -0.05) is 0 Å². The zero-order chi connectivity index (χ0) is 12.3. The Morgan fingerprint density at radius 3 is 2.69 bits per heavy atom. The molecule has 0 saturated heterocycles. The van der Waals surface area contributed by atoms with Crippen LogP contribution in [0.1, 0.15) is 28.2 Å². The van der Waals surface area contributed by atoms with E-state index in [4.69, 9.17) is 11.6 Å². The summed E-state index contributed by atoms with van der Waals surface area (Å²) >= 11 is 5.44. The van der Waals surface area contributed by atoms with Gasteiger partial charge in [0.2, 0.25) is 0 Å². The minimum absolute atomic E-state index is 0.00965. The summed E-state index contributed by atoms with van der Waals surface area (Å²) in [4.78, 5) is 14.4. The van der Waals surface area contributed by atoms with Gasteiger partial charge >= 0.3 is 5.97 Å². The zero-order valence-electron chi connectivity index (χ0n) is 8.14. The standard InChI is InChI=1S/C9H7ClF3NO2/c1-16-9(15)6-4(3-10)2-5(11)7(14-6)8(12)13/h2,8H,3H2,1H3. The van der Waals surface area contributed by atoms with Crippen molar-refractivity contribution in [3.63, 3.8) is 0 Å². The van der Waals surface area contributed by atoms with Crippen molar-refractivity contribution in [2.24, 2.45) is 0 Å². The van der Waals surface area contributed by atoms with Crippen molar-refractivity contribution >= 4 is 17.6 Å². The van der Waals surface area contributed by atoms with Crippen LogP contribution in [-0.2, 0) is 10.6 Å². The molecule has 0 amide bonds. The summed E-state index contributed by atoms with van der Waals surface area (Å²) in [7, 11) is 1.06. The third-order valence-corrected chi connectivity index (χ3v) is 2.10. The molecule has 7 heteroatoms. The monoisotopic (exact) mass is 253 g/mol. The quantitative estimate of drug-likeness (QED) is 0.614. The zero-order valence-corrected chi connectivity index (χ0v) is 8.89. The van der Waals surface area contributed by atoms with Crippen molar-refractivity contribution in [1.82, 2.24) is 4.98 Å². The number of methoxy groups -OCH3 is 1. The van der Waals surface area contributed by atoms with Gasteiger partial charge in [-0.15, -0.1) is 11.6 Å². The van der Waals surface area contributed by atoms with Gasteiger partial charge in [0.05, 0.1) is 7.11 Å². The first-order valence-corrected chi connectivity index (χ1v) is 4.66. The number of nitrogens with zero attached hydrogens (tertiary/aromatic N) is 1. The molecule has 0 fully saturated rings. The van der Waals surface area contributed by atoms with Gasteiger partial charge < -0.3 is 4.74 Å². The molecule has 0 saturated carbocycles. The lowest BCUT2D eigenvalue weighted by atomic mass is 10.2. The summed E-state index contributed by atoms with van der Waals surface area (Å²) < 4.78 is 42.1. The Bertz CT molecular complexity index is 412. The van der Waals surface area contributed by atoms with Crippen molar-refractivity contribution in [3.8, 4) is 0 Å². The summed E-state index contributed by atoms with van der Waals surface area (Å²) in [5.41, 5.74) is -1.47. The Labute approximate surface area is 94.2 Å². The summed E-state index contributed by atoms with van der Waals surface area (Å²) in [6, 6.07) is 0.758. The smallest absolute Gasteiger partial charge is 0.356 e. The fourth-order valence-corrected chi connectivity index (χ4v) is 1.27. The predicted molar refractivity (Wildman–Crippen MR) is 50.0 cm³/mol. The maximum absolute atomic E-state index is 13.1. The molecule has 1 rings (SSSR count). The summed E-state index contributed by atoms with van der Waals surface area (Å²) in [6.07, 6.45) is -3.10. The van der Waals surface area contributed by atoms with E-state index in [0.717, 1.165) is 13.2 Å². The molecule has 0 bridgehead atoms. The first-order chi connectivity index (χ1) is 7.51. The third kappa shape index (κ3) is 2.44. The van der Waals surface area contributed by atoms with Crippen LogP contribution < -0.4 is 0 Å². The fraction of sp³-hybridized carbons (Fsp3) is 0.333. The largest absolute Gasteiger partial charge is 0.464 e. The molecule has 0 aliphatic heterocycles. The van der Waals surface area contributed by atoms with Gasteiger partial charge in [0.15, 0.2) is 11.5 Å². The first kappa shape index (κ1) is 12.8. The number of hydrogen-bond acceptors (Lipinski definition) is 3. The topological polar surface area (TPSA) is 39.2 Å². The van der Waals surface area contributed by atoms with Crippen molar-refractivity contribution in [1.29, 1.82) is 0 Å². The third-order valence-electron chi connectivity index (χ3n) is 1.81. The molecule has 3 nitrogen and oxygen atoms in total. The Morgan fingerprint density at radius 2 is 2.25 bits per heavy atom. The number of hydrogen-bond donors (Lipinski definition) is 0. The van der Waals surface area contributed by atoms with Crippen LogP contribution in [0.4, 0.5) is 13.2 Å². The normalized spacial score (nSPS) is 10.6. The van der Waals surface area contributed by atoms with E-state index in [1.807, 2.05) is 0 Å². The first-order valence-electron chi connectivity index (χ1n) is 4.13. The van der Waals surface area contributed by atoms with Gasteiger partial charge in [0.1, 0.15) is 5.69 Å². The second kappa shape index (κ2) is 5.16. The molecular weight excluding hydrogens is 247 g/mol. The van der Waals surface area contributed by atoms with E-state index in [9.17, 15) is 18.0 Å². The van der Waals surface area contributed by atoms with Crippen molar-refractivity contribution in [2.75, 3.05) is 7.11 Å². The lowest BCUT2D eigenvalue weighted by Crippen LogP contribution is -2.11. The van der Waals surface area contributed by atoms with Gasteiger partial charge in [-0.25, -0.2) is 22.9 Å². The van der Waals surface area contributed by atoms with E-state index >= 15 is 0 Å². The van der Waals surface area contributed by atoms with E-state index in [0.29, 0.717) is 0 Å². The number of carbonyl (C=O) groups is 1. The van der Waals surface area contributed by atoms with Crippen LogP contribution in [-0.4, -0.2) is 18.1 Å². The number of halogens is 4. The summed E-state index contributed by atoms with van der Waals surface area (Å²) in [5, 5.41) is 0. The molecule has 0 spiro atoms. The second-order valence-corrected chi connectivity index (χ2v) is 3.06. The molecule has 0 atom stereocenters. The Morgan fingerprint density at radius 1 is 1.62 bits per heavy atom. The van der Waals surface area contributed by atoms with Crippen LogP contribution in [0, 0.1) is 5.82 Å². The van der Waals surface area contributed by atoms with Crippen molar-refractivity contribution < 1.29 is 22.7 Å². The van der Waals surface area contributed by atoms with Crippen molar-refractivity contribution in [3.05, 3.63) is 28.8 Å². The highest BCUT2D eigenvalue weighted by molar-refractivity contribution is 6.17. The van der Waals surface area contributed by atoms with Crippen LogP contribution in [0.2, 0.25) is 0 Å². The number of alkyl halides is 3. The molecule has 0 aromatic carbocycles. The van der Waals surface area contributed by atoms with E-state index in [1.165, 1.54) is 0 Å². The summed E-state index contributed by atoms with van der Waals surface area (Å²) in [6.45, 7) is 0. The van der Waals surface area contributed by atoms with Crippen molar-refractivity contribution in [2.45, 2.75) is 12.3 Å². The molecule has 0 N–H and O–H groups in total. The predicted octanol–water partition coefficient (Wildman–Crippen LogP) is 2.68. The van der Waals surface area contributed by atoms with E-state index in [2.05, 4.69) is 9.72 Å². The Hall–Kier alpha value is -1.30. The number of rotatable bonds is 3. The molecule has 0 aliphatic carbocycles. The Kier molecular flexibility index (Phi) is 4.12. The van der Waals surface area contributed by atoms with Gasteiger partial charge in [-0.3, -0.25) is 0 Å². The number of pyridine rings is 1. The van der Waals surface area contributed by atoms with Gasteiger partial charge in [0, 0.05) is 11.4 Å². The number of ether oxygens (including phenoxy) is 1. The van der Waals surface area contributed by atoms with E-state index in [-0.39, 0.29) is 11.4 Å². The van der Waals surface area contributed by atoms with E-state index in [1.54, 1.807) is 0 Å². The number of aromatic nitrogens is 1. The molecule has 16 heavy (non-hydrogen) atoms. The molecule has 1 aromatic heterocycles. The van der Waals surface area contributed by atoms with Gasteiger partial charge in [0.25, 0.3) is 6.43 Å². The van der Waals surface area contributed by atoms with Crippen LogP contribution in [0.15, 0.2) is 6.07 Å². The lowest BCUT2D eigenvalue weighted by Gasteiger charge is -2.08. The molecule has 0 unspecified atom stereocenters. The number of carbonyl (C=O) groups excluding carboxylic acids is 1. The lowest BCUT2D eigenvalue weighted by molar-refractivity contribution is 0.0590. The highest BCUT2D eigenvalue weighted by Crippen LogP contribution is 2.23. The van der Waals surface area contributed by atoms with Gasteiger partial charge in [-0.05, 0) is 6.07 Å². The molecular formula is C9H7ClF3NO2. The Balaban J connectivity index is 3.34. The minimum atomic E-state index is -3.10. The minimum Gasteiger partial charge on any atom is -0.464 e. The van der Waals surface area contributed by atoms with Gasteiger partial charge in [-0.2, -0.15) is 0 Å². The fourth-order valence-electron chi connectivity index (χ4n) is 1.07. The SMILES string of the molecule is COC(=O)c1nc(C(F)F)c(F)cc1CCl. The molecule has 0 aliphatic rings. The van der Waals surface area contributed by atoms with Crippen LogP contribution >= 0.6 is 11.6 Å². The molecule has 1 aromatic rings. The maximum atomic E-state index is 13.1. The van der Waals surface area contributed by atoms with Crippen LogP contribution in [0.3, 0.4) is 0 Å². The highest BCUT2D eigenvalue weighted by atomic mass is 35.5.